The Morgan fingerprint density at radius 3 is 2.71 bits per heavy atom. The first-order chi connectivity index (χ1) is 10.3. The molecule has 0 unspecified atom stereocenters. The predicted octanol–water partition coefficient (Wildman–Crippen LogP) is 3.16. The second-order valence-electron chi connectivity index (χ2n) is 4.36. The van der Waals surface area contributed by atoms with Gasteiger partial charge in [0.1, 0.15) is 24.2 Å². The number of hydrogen-bond acceptors (Lipinski definition) is 4. The van der Waals surface area contributed by atoms with Crippen molar-refractivity contribution in [2.24, 2.45) is 0 Å². The van der Waals surface area contributed by atoms with Gasteiger partial charge in [0.05, 0.1) is 25.9 Å². The Morgan fingerprint density at radius 1 is 1.05 bits per heavy atom. The molecule has 0 aliphatic carbocycles. The van der Waals surface area contributed by atoms with Crippen molar-refractivity contribution in [2.45, 2.75) is 6.61 Å². The van der Waals surface area contributed by atoms with E-state index in [-0.39, 0.29) is 0 Å². The summed E-state index contributed by atoms with van der Waals surface area (Å²) in [4.78, 5) is 0. The molecule has 0 fully saturated rings. The van der Waals surface area contributed by atoms with E-state index in [9.17, 15) is 0 Å². The zero-order chi connectivity index (χ0) is 14.9. The van der Waals surface area contributed by atoms with Crippen molar-refractivity contribution in [3.8, 4) is 17.6 Å². The Labute approximate surface area is 124 Å². The Bertz CT molecular complexity index is 619. The lowest BCUT2D eigenvalue weighted by molar-refractivity contribution is 0.0887. The fourth-order valence-electron chi connectivity index (χ4n) is 1.85. The summed E-state index contributed by atoms with van der Waals surface area (Å²) >= 11 is 0. The van der Waals surface area contributed by atoms with Gasteiger partial charge in [0.15, 0.2) is 0 Å². The monoisotopic (exact) mass is 283 g/mol. The van der Waals surface area contributed by atoms with Crippen LogP contribution in [-0.4, -0.2) is 20.3 Å². The Hall–Kier alpha value is -2.51. The van der Waals surface area contributed by atoms with E-state index in [1.807, 2.05) is 36.4 Å². The van der Waals surface area contributed by atoms with Crippen LogP contribution >= 0.6 is 0 Å². The van der Waals surface area contributed by atoms with Gasteiger partial charge in [0, 0.05) is 0 Å². The van der Waals surface area contributed by atoms with E-state index in [1.165, 1.54) is 0 Å². The molecule has 4 nitrogen and oxygen atoms in total. The maximum absolute atomic E-state index is 8.95. The van der Waals surface area contributed by atoms with E-state index < -0.39 is 0 Å². The lowest BCUT2D eigenvalue weighted by atomic mass is 10.2. The third kappa shape index (κ3) is 4.51. The third-order valence-electron chi connectivity index (χ3n) is 2.90. The number of methoxy groups -OCH3 is 1. The fourth-order valence-corrected chi connectivity index (χ4v) is 1.85. The second kappa shape index (κ2) is 7.93. The average Bonchev–Trinajstić information content (AvgIpc) is 2.55. The van der Waals surface area contributed by atoms with Crippen LogP contribution in [0.1, 0.15) is 11.1 Å². The Balaban J connectivity index is 1.74. The van der Waals surface area contributed by atoms with Crippen LogP contribution in [0.15, 0.2) is 48.5 Å². The molecule has 21 heavy (non-hydrogen) atoms. The van der Waals surface area contributed by atoms with Crippen molar-refractivity contribution in [2.75, 3.05) is 20.3 Å². The molecule has 0 spiro atoms. The van der Waals surface area contributed by atoms with E-state index in [4.69, 9.17) is 19.5 Å². The molecule has 0 saturated heterocycles. The molecule has 0 heterocycles. The molecule has 0 atom stereocenters. The van der Waals surface area contributed by atoms with Crippen LogP contribution in [-0.2, 0) is 11.3 Å². The SMILES string of the molecule is COc1cccc(COCCOc2ccccc2C#N)c1. The molecule has 2 aromatic carbocycles. The fraction of sp³-hybridized carbons (Fsp3) is 0.235. The third-order valence-corrected chi connectivity index (χ3v) is 2.90. The summed E-state index contributed by atoms with van der Waals surface area (Å²) in [5, 5.41) is 8.95. The van der Waals surface area contributed by atoms with Gasteiger partial charge < -0.3 is 14.2 Å². The first kappa shape index (κ1) is 14.9. The lowest BCUT2D eigenvalue weighted by Crippen LogP contribution is -2.07. The quantitative estimate of drug-likeness (QED) is 0.732. The molecule has 4 heteroatoms. The van der Waals surface area contributed by atoms with Crippen LogP contribution in [0.25, 0.3) is 0 Å². The van der Waals surface area contributed by atoms with Crippen LogP contribution < -0.4 is 9.47 Å². The minimum atomic E-state index is 0.405. The molecule has 0 bridgehead atoms. The number of rotatable bonds is 7. The highest BCUT2D eigenvalue weighted by Crippen LogP contribution is 2.16. The number of para-hydroxylation sites is 1. The molecular weight excluding hydrogens is 266 g/mol. The van der Waals surface area contributed by atoms with E-state index in [0.717, 1.165) is 11.3 Å². The molecule has 0 N–H and O–H groups in total. The normalized spacial score (nSPS) is 9.90. The molecule has 2 rings (SSSR count). The predicted molar refractivity (Wildman–Crippen MR) is 79.3 cm³/mol. The summed E-state index contributed by atoms with van der Waals surface area (Å²) in [5.41, 5.74) is 1.58. The van der Waals surface area contributed by atoms with Crippen LogP contribution in [0.4, 0.5) is 0 Å². The van der Waals surface area contributed by atoms with Crippen LogP contribution in [0, 0.1) is 11.3 Å². The van der Waals surface area contributed by atoms with Gasteiger partial charge in [0.25, 0.3) is 0 Å². The Kier molecular flexibility index (Phi) is 5.62. The van der Waals surface area contributed by atoms with Crippen molar-refractivity contribution in [1.82, 2.24) is 0 Å². The molecule has 0 aromatic heterocycles. The standard InChI is InChI=1S/C17H17NO3/c1-19-16-7-4-5-14(11-16)13-20-9-10-21-17-8-3-2-6-15(17)12-18/h2-8,11H,9-10,13H2,1H3. The molecule has 108 valence electrons. The van der Waals surface area contributed by atoms with Crippen LogP contribution in [0.2, 0.25) is 0 Å². The number of hydrogen-bond donors (Lipinski definition) is 0. The van der Waals surface area contributed by atoms with Crippen molar-refractivity contribution >= 4 is 0 Å². The molecule has 0 saturated carbocycles. The van der Waals surface area contributed by atoms with Gasteiger partial charge >= 0.3 is 0 Å². The summed E-state index contributed by atoms with van der Waals surface area (Å²) < 4.78 is 16.2. The van der Waals surface area contributed by atoms with Gasteiger partial charge in [-0.15, -0.1) is 0 Å². The molecule has 0 aliphatic rings. The number of nitrogens with zero attached hydrogens (tertiary/aromatic N) is 1. The summed E-state index contributed by atoms with van der Waals surface area (Å²) in [6.07, 6.45) is 0. The van der Waals surface area contributed by atoms with Crippen molar-refractivity contribution < 1.29 is 14.2 Å². The first-order valence-electron chi connectivity index (χ1n) is 6.66. The first-order valence-corrected chi connectivity index (χ1v) is 6.66. The minimum Gasteiger partial charge on any atom is -0.497 e. The number of ether oxygens (including phenoxy) is 3. The van der Waals surface area contributed by atoms with Gasteiger partial charge in [-0.2, -0.15) is 5.26 Å². The van der Waals surface area contributed by atoms with Crippen LogP contribution in [0.3, 0.4) is 0 Å². The van der Waals surface area contributed by atoms with Gasteiger partial charge in [-0.05, 0) is 29.8 Å². The average molecular weight is 283 g/mol. The zero-order valence-corrected chi connectivity index (χ0v) is 11.9. The van der Waals surface area contributed by atoms with Crippen molar-refractivity contribution in [3.63, 3.8) is 0 Å². The maximum atomic E-state index is 8.95. The lowest BCUT2D eigenvalue weighted by Gasteiger charge is -2.09. The summed E-state index contributed by atoms with van der Waals surface area (Å²) in [6.45, 7) is 1.36. The summed E-state index contributed by atoms with van der Waals surface area (Å²) in [5.74, 6) is 1.40. The van der Waals surface area contributed by atoms with Crippen LogP contribution in [0.5, 0.6) is 11.5 Å². The second-order valence-corrected chi connectivity index (χ2v) is 4.36. The Morgan fingerprint density at radius 2 is 1.90 bits per heavy atom. The summed E-state index contributed by atoms with van der Waals surface area (Å²) in [7, 11) is 1.64. The smallest absolute Gasteiger partial charge is 0.137 e. The highest BCUT2D eigenvalue weighted by atomic mass is 16.5. The molecule has 0 aliphatic heterocycles. The van der Waals surface area contributed by atoms with Gasteiger partial charge in [-0.1, -0.05) is 24.3 Å². The molecule has 2 aromatic rings. The topological polar surface area (TPSA) is 51.5 Å². The molecular formula is C17H17NO3. The van der Waals surface area contributed by atoms with E-state index in [2.05, 4.69) is 6.07 Å². The largest absolute Gasteiger partial charge is 0.497 e. The van der Waals surface area contributed by atoms with E-state index >= 15 is 0 Å². The highest BCUT2D eigenvalue weighted by molar-refractivity contribution is 5.42. The molecule has 0 amide bonds. The maximum Gasteiger partial charge on any atom is 0.137 e. The molecule has 0 radical (unpaired) electrons. The van der Waals surface area contributed by atoms with Crippen molar-refractivity contribution in [1.29, 1.82) is 5.26 Å². The number of benzene rings is 2. The highest BCUT2D eigenvalue weighted by Gasteiger charge is 2.01. The summed E-state index contributed by atoms with van der Waals surface area (Å²) in [6, 6.07) is 17.0. The van der Waals surface area contributed by atoms with E-state index in [1.54, 1.807) is 19.2 Å². The number of nitriles is 1. The van der Waals surface area contributed by atoms with E-state index in [0.29, 0.717) is 31.1 Å². The van der Waals surface area contributed by atoms with Gasteiger partial charge in [-0.25, -0.2) is 0 Å². The minimum absolute atomic E-state index is 0.405. The van der Waals surface area contributed by atoms with Crippen molar-refractivity contribution in [3.05, 3.63) is 59.7 Å². The van der Waals surface area contributed by atoms with Gasteiger partial charge in [-0.3, -0.25) is 0 Å². The van der Waals surface area contributed by atoms with Gasteiger partial charge in [0.2, 0.25) is 0 Å². The zero-order valence-electron chi connectivity index (χ0n) is 11.9.